The summed E-state index contributed by atoms with van der Waals surface area (Å²) < 4.78 is 10.8. The molecule has 0 spiro atoms. The van der Waals surface area contributed by atoms with E-state index in [9.17, 15) is 0 Å². The molecule has 0 bridgehead atoms. The Morgan fingerprint density at radius 2 is 2.30 bits per heavy atom. The standard InChI is InChI=1S/C13H23N5O2/c1-2-19-9-13-16-11(6-12(17-13)18-14)15-7-10-4-3-5-20-8-10/h6,10H,2-5,7-9,14H2,1H3,(H2,15,16,17,18). The highest BCUT2D eigenvalue weighted by Gasteiger charge is 2.14. The second-order valence-electron chi connectivity index (χ2n) is 4.80. The molecule has 0 aliphatic carbocycles. The maximum Gasteiger partial charge on any atom is 0.158 e. The van der Waals surface area contributed by atoms with Gasteiger partial charge in [-0.2, -0.15) is 0 Å². The molecule has 2 heterocycles. The van der Waals surface area contributed by atoms with Crippen LogP contribution in [0.4, 0.5) is 11.6 Å². The van der Waals surface area contributed by atoms with Crippen LogP contribution in [0.2, 0.25) is 0 Å². The van der Waals surface area contributed by atoms with Gasteiger partial charge in [-0.1, -0.05) is 0 Å². The number of hydrazine groups is 1. The molecule has 20 heavy (non-hydrogen) atoms. The summed E-state index contributed by atoms with van der Waals surface area (Å²) in [6.07, 6.45) is 2.31. The van der Waals surface area contributed by atoms with Gasteiger partial charge in [-0.05, 0) is 25.7 Å². The molecule has 112 valence electrons. The zero-order chi connectivity index (χ0) is 14.2. The largest absolute Gasteiger partial charge is 0.381 e. The molecular weight excluding hydrogens is 258 g/mol. The van der Waals surface area contributed by atoms with Gasteiger partial charge in [-0.15, -0.1) is 0 Å². The SMILES string of the molecule is CCOCc1nc(NN)cc(NCC2CCCOC2)n1. The van der Waals surface area contributed by atoms with Gasteiger partial charge < -0.3 is 20.2 Å². The molecule has 7 nitrogen and oxygen atoms in total. The molecule has 2 rings (SSSR count). The van der Waals surface area contributed by atoms with E-state index in [1.807, 2.05) is 6.92 Å². The van der Waals surface area contributed by atoms with Gasteiger partial charge >= 0.3 is 0 Å². The molecule has 1 aromatic rings. The van der Waals surface area contributed by atoms with Crippen molar-refractivity contribution in [1.29, 1.82) is 0 Å². The number of ether oxygens (including phenoxy) is 2. The predicted molar refractivity (Wildman–Crippen MR) is 77.2 cm³/mol. The normalized spacial score (nSPS) is 18.8. The van der Waals surface area contributed by atoms with E-state index in [2.05, 4.69) is 20.7 Å². The summed E-state index contributed by atoms with van der Waals surface area (Å²) in [5.74, 6) is 7.91. The molecule has 1 atom stereocenters. The van der Waals surface area contributed by atoms with Gasteiger partial charge in [0.15, 0.2) is 5.82 Å². The van der Waals surface area contributed by atoms with E-state index in [1.165, 1.54) is 6.42 Å². The lowest BCUT2D eigenvalue weighted by molar-refractivity contribution is 0.0594. The number of hydrogen-bond donors (Lipinski definition) is 3. The van der Waals surface area contributed by atoms with Gasteiger partial charge in [0.05, 0.1) is 6.61 Å². The van der Waals surface area contributed by atoms with Gasteiger partial charge in [0.25, 0.3) is 0 Å². The van der Waals surface area contributed by atoms with Gasteiger partial charge in [-0.3, -0.25) is 0 Å². The highest BCUT2D eigenvalue weighted by atomic mass is 16.5. The average molecular weight is 281 g/mol. The Labute approximate surface area is 119 Å². The van der Waals surface area contributed by atoms with Crippen molar-refractivity contribution < 1.29 is 9.47 Å². The van der Waals surface area contributed by atoms with Crippen LogP contribution < -0.4 is 16.6 Å². The highest BCUT2D eigenvalue weighted by molar-refractivity contribution is 5.46. The molecule has 1 fully saturated rings. The van der Waals surface area contributed by atoms with Crippen LogP contribution in [0.25, 0.3) is 0 Å². The van der Waals surface area contributed by atoms with Crippen molar-refractivity contribution in [2.24, 2.45) is 11.8 Å². The summed E-state index contributed by atoms with van der Waals surface area (Å²) in [4.78, 5) is 8.67. The molecule has 0 aromatic carbocycles. The molecule has 7 heteroatoms. The number of nitrogen functional groups attached to an aromatic ring is 1. The van der Waals surface area contributed by atoms with Crippen LogP contribution >= 0.6 is 0 Å². The lowest BCUT2D eigenvalue weighted by Gasteiger charge is -2.22. The van der Waals surface area contributed by atoms with E-state index in [1.54, 1.807) is 6.07 Å². The topological polar surface area (TPSA) is 94.3 Å². The minimum absolute atomic E-state index is 0.382. The Bertz CT molecular complexity index is 410. The predicted octanol–water partition coefficient (Wildman–Crippen LogP) is 1.14. The van der Waals surface area contributed by atoms with Crippen LogP contribution in [0.3, 0.4) is 0 Å². The fourth-order valence-corrected chi connectivity index (χ4v) is 2.14. The van der Waals surface area contributed by atoms with E-state index in [0.717, 1.165) is 32.0 Å². The second kappa shape index (κ2) is 7.98. The Morgan fingerprint density at radius 3 is 3.00 bits per heavy atom. The third-order valence-corrected chi connectivity index (χ3v) is 3.18. The summed E-state index contributed by atoms with van der Waals surface area (Å²) in [6, 6.07) is 1.79. The maximum atomic E-state index is 5.47. The molecular formula is C13H23N5O2. The lowest BCUT2D eigenvalue weighted by atomic mass is 10.0. The van der Waals surface area contributed by atoms with Crippen molar-refractivity contribution in [3.63, 3.8) is 0 Å². The average Bonchev–Trinajstić information content (AvgIpc) is 2.51. The molecule has 1 aliphatic rings. The molecule has 0 amide bonds. The third-order valence-electron chi connectivity index (χ3n) is 3.18. The summed E-state index contributed by atoms with van der Waals surface area (Å²) in [6.45, 7) is 5.48. The number of rotatable bonds is 7. The molecule has 1 saturated heterocycles. The van der Waals surface area contributed by atoms with Crippen molar-refractivity contribution in [3.05, 3.63) is 11.9 Å². The Kier molecular flexibility index (Phi) is 5.97. The summed E-state index contributed by atoms with van der Waals surface area (Å²) in [7, 11) is 0. The number of nitrogens with one attached hydrogen (secondary N) is 2. The quantitative estimate of drug-likeness (QED) is 0.509. The van der Waals surface area contributed by atoms with E-state index in [-0.39, 0.29) is 0 Å². The third kappa shape index (κ3) is 4.59. The van der Waals surface area contributed by atoms with Crippen molar-refractivity contribution in [1.82, 2.24) is 9.97 Å². The Morgan fingerprint density at radius 1 is 1.45 bits per heavy atom. The van der Waals surface area contributed by atoms with E-state index >= 15 is 0 Å². The van der Waals surface area contributed by atoms with Crippen LogP contribution in [0, 0.1) is 5.92 Å². The monoisotopic (exact) mass is 281 g/mol. The number of nitrogens with zero attached hydrogens (tertiary/aromatic N) is 2. The zero-order valence-electron chi connectivity index (χ0n) is 11.9. The smallest absolute Gasteiger partial charge is 0.158 e. The van der Waals surface area contributed by atoms with Crippen LogP contribution in [0.1, 0.15) is 25.6 Å². The first-order chi connectivity index (χ1) is 9.81. The van der Waals surface area contributed by atoms with Crippen molar-refractivity contribution in [3.8, 4) is 0 Å². The maximum absolute atomic E-state index is 5.47. The van der Waals surface area contributed by atoms with Gasteiger partial charge in [0.2, 0.25) is 0 Å². The fourth-order valence-electron chi connectivity index (χ4n) is 2.14. The molecule has 0 saturated carbocycles. The molecule has 4 N–H and O–H groups in total. The summed E-state index contributed by atoms with van der Waals surface area (Å²) >= 11 is 0. The van der Waals surface area contributed by atoms with Crippen molar-refractivity contribution in [2.75, 3.05) is 37.1 Å². The van der Waals surface area contributed by atoms with Crippen LogP contribution in [0.15, 0.2) is 6.07 Å². The van der Waals surface area contributed by atoms with Gasteiger partial charge in [0.1, 0.15) is 18.2 Å². The molecule has 0 radical (unpaired) electrons. The summed E-state index contributed by atoms with van der Waals surface area (Å²) in [5, 5.41) is 3.32. The van der Waals surface area contributed by atoms with E-state index < -0.39 is 0 Å². The Balaban J connectivity index is 1.94. The van der Waals surface area contributed by atoms with Gasteiger partial charge in [0, 0.05) is 25.8 Å². The number of hydrogen-bond acceptors (Lipinski definition) is 7. The minimum atomic E-state index is 0.382. The first-order valence-electron chi connectivity index (χ1n) is 7.05. The number of nitrogens with two attached hydrogens (primary N) is 1. The number of anilines is 2. The molecule has 1 unspecified atom stereocenters. The lowest BCUT2D eigenvalue weighted by Crippen LogP contribution is -2.25. The Hall–Kier alpha value is -1.44. The van der Waals surface area contributed by atoms with E-state index in [4.69, 9.17) is 15.3 Å². The van der Waals surface area contributed by atoms with Crippen molar-refractivity contribution in [2.45, 2.75) is 26.4 Å². The fraction of sp³-hybridized carbons (Fsp3) is 0.692. The second-order valence-corrected chi connectivity index (χ2v) is 4.80. The van der Waals surface area contributed by atoms with Gasteiger partial charge in [-0.25, -0.2) is 15.8 Å². The number of aromatic nitrogens is 2. The van der Waals surface area contributed by atoms with Crippen LogP contribution in [0.5, 0.6) is 0 Å². The minimum Gasteiger partial charge on any atom is -0.381 e. The van der Waals surface area contributed by atoms with Crippen LogP contribution in [-0.4, -0.2) is 36.3 Å². The molecule has 1 aliphatic heterocycles. The molecule has 1 aromatic heterocycles. The zero-order valence-corrected chi connectivity index (χ0v) is 11.9. The van der Waals surface area contributed by atoms with Crippen LogP contribution in [-0.2, 0) is 16.1 Å². The van der Waals surface area contributed by atoms with E-state index in [0.29, 0.717) is 30.8 Å². The first kappa shape index (κ1) is 15.0. The van der Waals surface area contributed by atoms with Crippen molar-refractivity contribution >= 4 is 11.6 Å². The summed E-state index contributed by atoms with van der Waals surface area (Å²) in [5.41, 5.74) is 2.55. The first-order valence-corrected chi connectivity index (χ1v) is 7.05. The highest BCUT2D eigenvalue weighted by Crippen LogP contribution is 2.16.